The van der Waals surface area contributed by atoms with E-state index in [1.165, 1.54) is 0 Å². The van der Waals surface area contributed by atoms with Crippen LogP contribution in [0.2, 0.25) is 0 Å². The number of nitriles is 1. The second kappa shape index (κ2) is 8.26. The Bertz CT molecular complexity index is 923. The summed E-state index contributed by atoms with van der Waals surface area (Å²) >= 11 is 0. The Morgan fingerprint density at radius 1 is 1.28 bits per heavy atom. The van der Waals surface area contributed by atoms with E-state index >= 15 is 0 Å². The lowest BCUT2D eigenvalue weighted by atomic mass is 9.72. The molecule has 0 saturated carbocycles. The molecular formula is C25H32N2O2. The van der Waals surface area contributed by atoms with Gasteiger partial charge in [-0.05, 0) is 61.3 Å². The second-order valence-corrected chi connectivity index (χ2v) is 9.18. The van der Waals surface area contributed by atoms with Crippen LogP contribution in [0.25, 0.3) is 0 Å². The Morgan fingerprint density at radius 3 is 2.48 bits per heavy atom. The summed E-state index contributed by atoms with van der Waals surface area (Å²) in [6.07, 6.45) is 1.08. The highest BCUT2D eigenvalue weighted by atomic mass is 16.5. The van der Waals surface area contributed by atoms with Gasteiger partial charge in [0.1, 0.15) is 6.10 Å². The van der Waals surface area contributed by atoms with Crippen LogP contribution < -0.4 is 0 Å². The third kappa shape index (κ3) is 4.22. The van der Waals surface area contributed by atoms with Gasteiger partial charge in [0.2, 0.25) is 0 Å². The van der Waals surface area contributed by atoms with Crippen molar-refractivity contribution < 1.29 is 9.84 Å². The Hall–Kier alpha value is -2.22. The van der Waals surface area contributed by atoms with E-state index in [-0.39, 0.29) is 17.4 Å². The fourth-order valence-electron chi connectivity index (χ4n) is 4.55. The zero-order chi connectivity index (χ0) is 21.3. The summed E-state index contributed by atoms with van der Waals surface area (Å²) in [5.74, 6) is 0.192. The van der Waals surface area contributed by atoms with E-state index in [4.69, 9.17) is 15.0 Å². The monoisotopic (exact) mass is 392 g/mol. The predicted molar refractivity (Wildman–Crippen MR) is 115 cm³/mol. The molecule has 0 saturated heterocycles. The Morgan fingerprint density at radius 2 is 1.93 bits per heavy atom. The van der Waals surface area contributed by atoms with Gasteiger partial charge in [-0.15, -0.1) is 0 Å². The van der Waals surface area contributed by atoms with Gasteiger partial charge in [0, 0.05) is 29.1 Å². The molecule has 2 atom stereocenters. The van der Waals surface area contributed by atoms with Crippen LogP contribution in [-0.4, -0.2) is 16.7 Å². The lowest BCUT2D eigenvalue weighted by Crippen LogP contribution is -2.30. The minimum atomic E-state index is -0.782. The fraction of sp³-hybridized carbons (Fsp3) is 0.520. The summed E-state index contributed by atoms with van der Waals surface area (Å²) in [6.45, 7) is 13.6. The number of pyridine rings is 1. The molecule has 0 bridgehead atoms. The van der Waals surface area contributed by atoms with Crippen molar-refractivity contribution in [3.63, 3.8) is 0 Å². The molecule has 3 rings (SSSR count). The maximum absolute atomic E-state index is 11.3. The zero-order valence-corrected chi connectivity index (χ0v) is 18.4. The minimum Gasteiger partial charge on any atom is -0.384 e. The highest BCUT2D eigenvalue weighted by molar-refractivity contribution is 5.48. The number of aromatic nitrogens is 1. The fourth-order valence-corrected chi connectivity index (χ4v) is 4.55. The second-order valence-electron chi connectivity index (χ2n) is 9.18. The first-order valence-corrected chi connectivity index (χ1v) is 10.5. The normalized spacial score (nSPS) is 18.9. The molecule has 1 N–H and O–H groups in total. The molecule has 1 aliphatic rings. The van der Waals surface area contributed by atoms with Gasteiger partial charge >= 0.3 is 0 Å². The average Bonchev–Trinajstić information content (AvgIpc) is 2.66. The highest BCUT2D eigenvalue weighted by Crippen LogP contribution is 2.46. The van der Waals surface area contributed by atoms with E-state index in [1.54, 1.807) is 12.1 Å². The lowest BCUT2D eigenvalue weighted by molar-refractivity contribution is 0.0184. The summed E-state index contributed by atoms with van der Waals surface area (Å²) in [7, 11) is 0. The standard InChI is InChI=1S/C25H32N2O2/c1-7-29-20-13-25(5,6)12-19-21(20)16(4)22(23(27-19)15(2)3)24(28)18-10-8-17(14-26)9-11-18/h8-11,15,20,24,28H,7,12-13H2,1-6H3/t20?,24-/m0/s1. The lowest BCUT2D eigenvalue weighted by Gasteiger charge is -2.38. The molecule has 0 aliphatic heterocycles. The van der Waals surface area contributed by atoms with Gasteiger partial charge in [-0.2, -0.15) is 5.26 Å². The first kappa shape index (κ1) is 21.5. The number of hydrogen-bond acceptors (Lipinski definition) is 4. The van der Waals surface area contributed by atoms with Crippen molar-refractivity contribution in [3.8, 4) is 6.07 Å². The van der Waals surface area contributed by atoms with Crippen LogP contribution in [-0.2, 0) is 11.2 Å². The van der Waals surface area contributed by atoms with Crippen molar-refractivity contribution in [2.45, 2.75) is 72.5 Å². The molecule has 1 heterocycles. The van der Waals surface area contributed by atoms with E-state index in [1.807, 2.05) is 19.1 Å². The van der Waals surface area contributed by atoms with E-state index in [9.17, 15) is 5.11 Å². The van der Waals surface area contributed by atoms with Gasteiger partial charge in [0.25, 0.3) is 0 Å². The number of nitrogens with zero attached hydrogens (tertiary/aromatic N) is 2. The van der Waals surface area contributed by atoms with Crippen LogP contribution >= 0.6 is 0 Å². The number of fused-ring (bicyclic) bond motifs is 1. The van der Waals surface area contributed by atoms with Crippen LogP contribution in [0.5, 0.6) is 0 Å². The first-order valence-electron chi connectivity index (χ1n) is 10.5. The molecule has 0 amide bonds. The third-order valence-corrected chi connectivity index (χ3v) is 5.90. The van der Waals surface area contributed by atoms with Crippen molar-refractivity contribution in [2.24, 2.45) is 5.41 Å². The largest absolute Gasteiger partial charge is 0.384 e. The number of ether oxygens (including phenoxy) is 1. The van der Waals surface area contributed by atoms with Crippen LogP contribution in [0.3, 0.4) is 0 Å². The average molecular weight is 393 g/mol. The maximum atomic E-state index is 11.3. The molecule has 1 aromatic carbocycles. The first-order chi connectivity index (χ1) is 13.7. The van der Waals surface area contributed by atoms with Crippen LogP contribution in [0, 0.1) is 23.7 Å². The summed E-state index contributed by atoms with van der Waals surface area (Å²) in [5.41, 5.74) is 6.68. The Kier molecular flexibility index (Phi) is 6.12. The number of aliphatic hydroxyl groups is 1. The van der Waals surface area contributed by atoms with Crippen molar-refractivity contribution >= 4 is 0 Å². The van der Waals surface area contributed by atoms with Gasteiger partial charge in [0.05, 0.1) is 17.7 Å². The van der Waals surface area contributed by atoms with Crippen molar-refractivity contribution in [2.75, 3.05) is 6.61 Å². The molecule has 1 aromatic heterocycles. The number of rotatable bonds is 5. The number of benzene rings is 1. The van der Waals surface area contributed by atoms with Crippen LogP contribution in [0.15, 0.2) is 24.3 Å². The van der Waals surface area contributed by atoms with Gasteiger partial charge < -0.3 is 9.84 Å². The summed E-state index contributed by atoms with van der Waals surface area (Å²) < 4.78 is 6.14. The minimum absolute atomic E-state index is 0.000577. The topological polar surface area (TPSA) is 66.1 Å². The van der Waals surface area contributed by atoms with E-state index in [0.29, 0.717) is 12.2 Å². The van der Waals surface area contributed by atoms with Crippen molar-refractivity contribution in [3.05, 3.63) is 63.5 Å². The van der Waals surface area contributed by atoms with Gasteiger partial charge in [-0.25, -0.2) is 0 Å². The molecule has 154 valence electrons. The summed E-state index contributed by atoms with van der Waals surface area (Å²) in [6, 6.07) is 9.29. The predicted octanol–water partition coefficient (Wildman–Crippen LogP) is 5.52. The zero-order valence-electron chi connectivity index (χ0n) is 18.4. The van der Waals surface area contributed by atoms with E-state index in [0.717, 1.165) is 46.5 Å². The van der Waals surface area contributed by atoms with Crippen molar-refractivity contribution in [1.82, 2.24) is 4.98 Å². The number of aliphatic hydroxyl groups excluding tert-OH is 1. The Labute approximate surface area is 174 Å². The van der Waals surface area contributed by atoms with Gasteiger partial charge in [-0.3, -0.25) is 4.98 Å². The summed E-state index contributed by atoms with van der Waals surface area (Å²) in [5, 5.41) is 20.4. The summed E-state index contributed by atoms with van der Waals surface area (Å²) in [4.78, 5) is 5.09. The molecule has 0 spiro atoms. The molecule has 1 aliphatic carbocycles. The highest BCUT2D eigenvalue weighted by Gasteiger charge is 2.37. The molecular weight excluding hydrogens is 360 g/mol. The SMILES string of the molecule is CCOC1CC(C)(C)Cc2nc(C(C)C)c([C@@H](O)c3ccc(C#N)cc3)c(C)c21. The molecule has 29 heavy (non-hydrogen) atoms. The number of hydrogen-bond donors (Lipinski definition) is 1. The van der Waals surface area contributed by atoms with Crippen LogP contribution in [0.4, 0.5) is 0 Å². The van der Waals surface area contributed by atoms with Crippen LogP contribution in [0.1, 0.15) is 98.4 Å². The van der Waals surface area contributed by atoms with E-state index < -0.39 is 6.10 Å². The molecule has 0 radical (unpaired) electrons. The molecule has 1 unspecified atom stereocenters. The molecule has 2 aromatic rings. The van der Waals surface area contributed by atoms with Gasteiger partial charge in [-0.1, -0.05) is 39.8 Å². The van der Waals surface area contributed by atoms with E-state index in [2.05, 4.69) is 40.7 Å². The smallest absolute Gasteiger partial charge is 0.106 e. The molecule has 4 heteroatoms. The maximum Gasteiger partial charge on any atom is 0.106 e. The van der Waals surface area contributed by atoms with Gasteiger partial charge in [0.15, 0.2) is 0 Å². The molecule has 4 nitrogen and oxygen atoms in total. The van der Waals surface area contributed by atoms with Crippen molar-refractivity contribution in [1.29, 1.82) is 5.26 Å². The Balaban J connectivity index is 2.18. The third-order valence-electron chi connectivity index (χ3n) is 5.90. The quantitative estimate of drug-likeness (QED) is 0.728. The molecule has 0 fully saturated rings.